The molecule has 2 aromatic rings. The number of hydroxylamine groups is 2. The fourth-order valence-electron chi connectivity index (χ4n) is 2.63. The molecule has 0 bridgehead atoms. The zero-order valence-corrected chi connectivity index (χ0v) is 14.3. The zero-order chi connectivity index (χ0) is 16.9. The lowest BCUT2D eigenvalue weighted by Gasteiger charge is -2.24. The van der Waals surface area contributed by atoms with E-state index in [0.29, 0.717) is 19.2 Å². The van der Waals surface area contributed by atoms with Crippen LogP contribution >= 0.6 is 0 Å². The van der Waals surface area contributed by atoms with Crippen LogP contribution in [0.4, 0.5) is 0 Å². The number of furan rings is 1. The molecule has 1 amide bonds. The van der Waals surface area contributed by atoms with Gasteiger partial charge in [-0.3, -0.25) is 9.63 Å². The first-order valence-electron chi connectivity index (χ1n) is 8.34. The summed E-state index contributed by atoms with van der Waals surface area (Å²) in [6.45, 7) is 3.15. The Hall–Kier alpha value is -2.11. The highest BCUT2D eigenvalue weighted by Gasteiger charge is 2.33. The lowest BCUT2D eigenvalue weighted by atomic mass is 10.2. The summed E-state index contributed by atoms with van der Waals surface area (Å²) in [5.41, 5.74) is 1.09. The molecule has 0 radical (unpaired) electrons. The lowest BCUT2D eigenvalue weighted by molar-refractivity contribution is -0.168. The first-order chi connectivity index (χ1) is 11.6. The number of nitrogens with zero attached hydrogens (tertiary/aromatic N) is 2. The highest BCUT2D eigenvalue weighted by Crippen LogP contribution is 2.29. The van der Waals surface area contributed by atoms with E-state index in [0.717, 1.165) is 29.9 Å². The number of likely N-dealkylation sites (N-methyl/N-ethyl adjacent to an activating group) is 1. The summed E-state index contributed by atoms with van der Waals surface area (Å²) in [4.78, 5) is 20.2. The number of carbonyl (C=O) groups excluding carboxylic acids is 1. The third kappa shape index (κ3) is 4.69. The summed E-state index contributed by atoms with van der Waals surface area (Å²) < 4.78 is 5.61. The van der Waals surface area contributed by atoms with Gasteiger partial charge in [0.05, 0.1) is 13.2 Å². The molecule has 128 valence electrons. The fraction of sp³-hybridized carbons (Fsp3) is 0.421. The van der Waals surface area contributed by atoms with E-state index in [1.165, 1.54) is 0 Å². The van der Waals surface area contributed by atoms with Crippen molar-refractivity contribution in [2.45, 2.75) is 39.0 Å². The highest BCUT2D eigenvalue weighted by atomic mass is 16.7. The number of rotatable bonds is 8. The summed E-state index contributed by atoms with van der Waals surface area (Å²) in [5, 5.41) is 1.61. The van der Waals surface area contributed by atoms with Crippen molar-refractivity contribution in [2.24, 2.45) is 0 Å². The quantitative estimate of drug-likeness (QED) is 0.699. The van der Waals surface area contributed by atoms with Gasteiger partial charge in [-0.25, -0.2) is 0 Å². The molecule has 1 aliphatic carbocycles. The number of hydrogen-bond acceptors (Lipinski definition) is 4. The molecule has 1 heterocycles. The van der Waals surface area contributed by atoms with Gasteiger partial charge in [-0.15, -0.1) is 0 Å². The Morgan fingerprint density at radius 3 is 2.58 bits per heavy atom. The topological polar surface area (TPSA) is 45.9 Å². The van der Waals surface area contributed by atoms with Crippen LogP contribution in [0.2, 0.25) is 0 Å². The summed E-state index contributed by atoms with van der Waals surface area (Å²) in [5.74, 6) is 1.78. The first-order valence-corrected chi connectivity index (χ1v) is 8.34. The Kier molecular flexibility index (Phi) is 5.33. The van der Waals surface area contributed by atoms with Crippen molar-refractivity contribution >= 4 is 5.91 Å². The van der Waals surface area contributed by atoms with E-state index in [4.69, 9.17) is 9.25 Å². The van der Waals surface area contributed by atoms with Crippen LogP contribution in [-0.4, -0.2) is 35.5 Å². The molecule has 1 aromatic heterocycles. The molecule has 1 fully saturated rings. The van der Waals surface area contributed by atoms with E-state index in [2.05, 4.69) is 0 Å². The van der Waals surface area contributed by atoms with Crippen LogP contribution in [0.3, 0.4) is 0 Å². The van der Waals surface area contributed by atoms with Gasteiger partial charge in [0.25, 0.3) is 0 Å². The number of amides is 1. The number of benzene rings is 1. The van der Waals surface area contributed by atoms with Crippen molar-refractivity contribution in [1.82, 2.24) is 9.96 Å². The second kappa shape index (κ2) is 7.64. The SMILES string of the molecule is Cc1ccc(CN(C(=O)CN(C)OCc2ccccc2)C2CC2)o1. The molecule has 0 atom stereocenters. The van der Waals surface area contributed by atoms with Crippen molar-refractivity contribution in [3.05, 3.63) is 59.5 Å². The predicted molar refractivity (Wildman–Crippen MR) is 90.9 cm³/mol. The van der Waals surface area contributed by atoms with Gasteiger partial charge in [0.2, 0.25) is 5.91 Å². The van der Waals surface area contributed by atoms with Crippen molar-refractivity contribution in [3.63, 3.8) is 0 Å². The van der Waals surface area contributed by atoms with Gasteiger partial charge in [0, 0.05) is 13.1 Å². The summed E-state index contributed by atoms with van der Waals surface area (Å²) >= 11 is 0. The van der Waals surface area contributed by atoms with Gasteiger partial charge in [0.15, 0.2) is 0 Å². The smallest absolute Gasteiger partial charge is 0.239 e. The Bertz CT molecular complexity index is 664. The molecule has 24 heavy (non-hydrogen) atoms. The largest absolute Gasteiger partial charge is 0.464 e. The van der Waals surface area contributed by atoms with Crippen molar-refractivity contribution in [2.75, 3.05) is 13.6 Å². The Balaban J connectivity index is 1.51. The average Bonchev–Trinajstić information content (AvgIpc) is 3.33. The molecule has 0 aliphatic heterocycles. The zero-order valence-electron chi connectivity index (χ0n) is 14.3. The van der Waals surface area contributed by atoms with Crippen LogP contribution in [0.25, 0.3) is 0 Å². The molecule has 3 rings (SSSR count). The molecule has 1 saturated carbocycles. The second-order valence-corrected chi connectivity index (χ2v) is 6.31. The Labute approximate surface area is 142 Å². The molecule has 0 saturated heterocycles. The molecule has 5 nitrogen and oxygen atoms in total. The molecular formula is C19H24N2O3. The third-order valence-electron chi connectivity index (χ3n) is 4.08. The van der Waals surface area contributed by atoms with E-state index < -0.39 is 0 Å². The van der Waals surface area contributed by atoms with E-state index in [1.54, 1.807) is 12.1 Å². The minimum atomic E-state index is 0.0714. The molecule has 1 aliphatic rings. The van der Waals surface area contributed by atoms with Crippen LogP contribution in [-0.2, 0) is 22.8 Å². The van der Waals surface area contributed by atoms with E-state index >= 15 is 0 Å². The van der Waals surface area contributed by atoms with Gasteiger partial charge >= 0.3 is 0 Å². The number of hydrogen-bond donors (Lipinski definition) is 0. The van der Waals surface area contributed by atoms with Gasteiger partial charge in [-0.1, -0.05) is 30.3 Å². The van der Waals surface area contributed by atoms with Crippen molar-refractivity contribution in [1.29, 1.82) is 0 Å². The number of aryl methyl sites for hydroxylation is 1. The van der Waals surface area contributed by atoms with Crippen LogP contribution in [0.15, 0.2) is 46.9 Å². The van der Waals surface area contributed by atoms with E-state index in [1.807, 2.05) is 54.3 Å². The normalized spacial score (nSPS) is 14.1. The van der Waals surface area contributed by atoms with Crippen molar-refractivity contribution < 1.29 is 14.0 Å². The summed E-state index contributed by atoms with van der Waals surface area (Å²) in [7, 11) is 1.79. The minimum absolute atomic E-state index is 0.0714. The second-order valence-electron chi connectivity index (χ2n) is 6.31. The molecular weight excluding hydrogens is 304 g/mol. The monoisotopic (exact) mass is 328 g/mol. The van der Waals surface area contributed by atoms with Crippen LogP contribution in [0, 0.1) is 6.92 Å². The molecule has 0 N–H and O–H groups in total. The van der Waals surface area contributed by atoms with E-state index in [9.17, 15) is 4.79 Å². The maximum Gasteiger partial charge on any atom is 0.239 e. The van der Waals surface area contributed by atoms with Crippen LogP contribution in [0.1, 0.15) is 29.9 Å². The Morgan fingerprint density at radius 2 is 1.96 bits per heavy atom. The molecule has 0 spiro atoms. The third-order valence-corrected chi connectivity index (χ3v) is 4.08. The minimum Gasteiger partial charge on any atom is -0.464 e. The first kappa shape index (κ1) is 16.7. The maximum atomic E-state index is 12.6. The highest BCUT2D eigenvalue weighted by molar-refractivity contribution is 5.78. The number of carbonyl (C=O) groups is 1. The van der Waals surface area contributed by atoms with Crippen molar-refractivity contribution in [3.8, 4) is 0 Å². The molecule has 1 aromatic carbocycles. The average molecular weight is 328 g/mol. The predicted octanol–water partition coefficient (Wildman–Crippen LogP) is 3.14. The van der Waals surface area contributed by atoms with Gasteiger partial charge < -0.3 is 9.32 Å². The fourth-order valence-corrected chi connectivity index (χ4v) is 2.63. The maximum absolute atomic E-state index is 12.6. The summed E-state index contributed by atoms with van der Waals surface area (Å²) in [6, 6.07) is 14.1. The van der Waals surface area contributed by atoms with Crippen LogP contribution in [0.5, 0.6) is 0 Å². The standard InChI is InChI=1S/C19H24N2O3/c1-15-8-11-18(24-15)12-21(17-9-10-17)19(22)13-20(2)23-14-16-6-4-3-5-7-16/h3-8,11,17H,9-10,12-14H2,1-2H3. The van der Waals surface area contributed by atoms with Crippen LogP contribution < -0.4 is 0 Å². The Morgan fingerprint density at radius 1 is 1.21 bits per heavy atom. The lowest BCUT2D eigenvalue weighted by Crippen LogP contribution is -2.39. The molecule has 5 heteroatoms. The molecule has 0 unspecified atom stereocenters. The van der Waals surface area contributed by atoms with Gasteiger partial charge in [-0.05, 0) is 37.5 Å². The van der Waals surface area contributed by atoms with Gasteiger partial charge in [-0.2, -0.15) is 5.06 Å². The van der Waals surface area contributed by atoms with Gasteiger partial charge in [0.1, 0.15) is 18.1 Å². The van der Waals surface area contributed by atoms with E-state index in [-0.39, 0.29) is 12.5 Å². The summed E-state index contributed by atoms with van der Waals surface area (Å²) in [6.07, 6.45) is 2.14.